The van der Waals surface area contributed by atoms with Crippen molar-refractivity contribution >= 4 is 5.69 Å². The Morgan fingerprint density at radius 3 is 2.71 bits per heavy atom. The Hall–Kier alpha value is -2.53. The first-order valence-corrected chi connectivity index (χ1v) is 3.52. The SMILES string of the molecule is N#CC#Cc1ccc([N+](=O)[O-])c(O)c1. The van der Waals surface area contributed by atoms with E-state index in [9.17, 15) is 10.1 Å². The van der Waals surface area contributed by atoms with Gasteiger partial charge in [-0.2, -0.15) is 5.26 Å². The van der Waals surface area contributed by atoms with Crippen molar-refractivity contribution in [2.24, 2.45) is 0 Å². The van der Waals surface area contributed by atoms with Gasteiger partial charge in [0.15, 0.2) is 11.8 Å². The minimum Gasteiger partial charge on any atom is -0.502 e. The van der Waals surface area contributed by atoms with Gasteiger partial charge >= 0.3 is 5.69 Å². The number of nitro groups is 1. The van der Waals surface area contributed by atoms with Crippen molar-refractivity contribution in [3.63, 3.8) is 0 Å². The summed E-state index contributed by atoms with van der Waals surface area (Å²) < 4.78 is 0. The molecule has 0 aliphatic heterocycles. The summed E-state index contributed by atoms with van der Waals surface area (Å²) in [5.41, 5.74) is -0.0258. The zero-order valence-corrected chi connectivity index (χ0v) is 6.89. The number of nitro benzene ring substituents is 1. The molecule has 0 amide bonds. The first kappa shape index (κ1) is 9.56. The standard InChI is InChI=1S/C9H4N2O3/c10-5-1-2-7-3-4-8(11(13)14)9(12)6-7/h3-4,6,12H. The third-order valence-corrected chi connectivity index (χ3v) is 1.43. The van der Waals surface area contributed by atoms with Crippen LogP contribution in [0.15, 0.2) is 18.2 Å². The highest BCUT2D eigenvalue weighted by Gasteiger charge is 2.11. The molecule has 1 rings (SSSR count). The largest absolute Gasteiger partial charge is 0.502 e. The lowest BCUT2D eigenvalue weighted by Crippen LogP contribution is -1.88. The normalized spacial score (nSPS) is 8.21. The fraction of sp³-hybridized carbons (Fsp3) is 0. The summed E-state index contributed by atoms with van der Waals surface area (Å²) in [6.07, 6.45) is 0. The highest BCUT2D eigenvalue weighted by molar-refractivity contribution is 5.52. The van der Waals surface area contributed by atoms with Crippen molar-refractivity contribution in [2.45, 2.75) is 0 Å². The Balaban J connectivity index is 3.14. The fourth-order valence-corrected chi connectivity index (χ4v) is 0.856. The topological polar surface area (TPSA) is 87.2 Å². The Morgan fingerprint density at radius 2 is 2.21 bits per heavy atom. The van der Waals surface area contributed by atoms with Crippen molar-refractivity contribution in [3.8, 4) is 23.7 Å². The summed E-state index contributed by atoms with van der Waals surface area (Å²) in [6.45, 7) is 0. The molecule has 0 atom stereocenters. The van der Waals surface area contributed by atoms with Crippen LogP contribution in [0.1, 0.15) is 5.56 Å². The second kappa shape index (κ2) is 3.92. The number of rotatable bonds is 1. The molecule has 0 bridgehead atoms. The summed E-state index contributed by atoms with van der Waals surface area (Å²) in [4.78, 5) is 9.61. The monoisotopic (exact) mass is 188 g/mol. The molecule has 0 unspecified atom stereocenters. The third kappa shape index (κ3) is 1.99. The van der Waals surface area contributed by atoms with Crippen molar-refractivity contribution in [1.82, 2.24) is 0 Å². The minimum atomic E-state index is -0.698. The van der Waals surface area contributed by atoms with Gasteiger partial charge in [-0.1, -0.05) is 5.92 Å². The summed E-state index contributed by atoms with van der Waals surface area (Å²) in [5, 5.41) is 27.6. The van der Waals surface area contributed by atoms with Gasteiger partial charge in [-0.25, -0.2) is 0 Å². The lowest BCUT2D eigenvalue weighted by Gasteiger charge is -1.95. The molecule has 5 nitrogen and oxygen atoms in total. The molecular formula is C9H4N2O3. The average Bonchev–Trinajstić information content (AvgIpc) is 2.14. The van der Waals surface area contributed by atoms with Crippen LogP contribution in [0.25, 0.3) is 0 Å². The maximum absolute atomic E-state index is 10.3. The van der Waals surface area contributed by atoms with Crippen LogP contribution in [-0.2, 0) is 0 Å². The molecule has 1 N–H and O–H groups in total. The van der Waals surface area contributed by atoms with E-state index < -0.39 is 10.7 Å². The van der Waals surface area contributed by atoms with Gasteiger partial charge in [0, 0.05) is 23.6 Å². The van der Waals surface area contributed by atoms with Gasteiger partial charge < -0.3 is 5.11 Å². The van der Waals surface area contributed by atoms with Gasteiger partial charge in [0.1, 0.15) is 0 Å². The number of nitrogens with zero attached hydrogens (tertiary/aromatic N) is 2. The predicted molar refractivity (Wildman–Crippen MR) is 47.3 cm³/mol. The molecule has 0 aliphatic rings. The van der Waals surface area contributed by atoms with Gasteiger partial charge in [-0.3, -0.25) is 10.1 Å². The molecule has 1 aromatic carbocycles. The van der Waals surface area contributed by atoms with Crippen LogP contribution in [0.2, 0.25) is 0 Å². The van der Waals surface area contributed by atoms with E-state index in [0.29, 0.717) is 5.56 Å². The van der Waals surface area contributed by atoms with Crippen LogP contribution in [-0.4, -0.2) is 10.0 Å². The number of aromatic hydroxyl groups is 1. The summed E-state index contributed by atoms with van der Waals surface area (Å²) in [7, 11) is 0. The molecule has 0 heterocycles. The second-order valence-electron chi connectivity index (χ2n) is 2.32. The average molecular weight is 188 g/mol. The first-order chi connectivity index (χ1) is 6.65. The second-order valence-corrected chi connectivity index (χ2v) is 2.32. The Morgan fingerprint density at radius 1 is 1.50 bits per heavy atom. The van der Waals surface area contributed by atoms with E-state index in [2.05, 4.69) is 11.8 Å². The van der Waals surface area contributed by atoms with E-state index in [4.69, 9.17) is 10.4 Å². The van der Waals surface area contributed by atoms with Gasteiger partial charge in [0.2, 0.25) is 0 Å². The number of nitriles is 1. The maximum Gasteiger partial charge on any atom is 0.310 e. The highest BCUT2D eigenvalue weighted by Crippen LogP contribution is 2.25. The Bertz CT molecular complexity index is 477. The van der Waals surface area contributed by atoms with Crippen LogP contribution in [0.4, 0.5) is 5.69 Å². The Labute approximate surface area is 79.4 Å². The van der Waals surface area contributed by atoms with Crippen LogP contribution >= 0.6 is 0 Å². The minimum absolute atomic E-state index is 0.356. The lowest BCUT2D eigenvalue weighted by molar-refractivity contribution is -0.385. The smallest absolute Gasteiger partial charge is 0.310 e. The first-order valence-electron chi connectivity index (χ1n) is 3.52. The molecule has 0 aliphatic carbocycles. The van der Waals surface area contributed by atoms with Crippen LogP contribution in [0, 0.1) is 33.3 Å². The molecule has 68 valence electrons. The summed E-state index contributed by atoms with van der Waals surface area (Å²) >= 11 is 0. The number of hydrogen-bond acceptors (Lipinski definition) is 4. The molecule has 0 aromatic heterocycles. The molecular weight excluding hydrogens is 184 g/mol. The van der Waals surface area contributed by atoms with Crippen molar-refractivity contribution in [3.05, 3.63) is 33.9 Å². The molecule has 14 heavy (non-hydrogen) atoms. The van der Waals surface area contributed by atoms with Gasteiger partial charge in [-0.15, -0.1) is 0 Å². The van der Waals surface area contributed by atoms with Crippen molar-refractivity contribution < 1.29 is 10.0 Å². The fourth-order valence-electron chi connectivity index (χ4n) is 0.856. The van der Waals surface area contributed by atoms with Crippen molar-refractivity contribution in [2.75, 3.05) is 0 Å². The van der Waals surface area contributed by atoms with E-state index in [-0.39, 0.29) is 5.69 Å². The number of phenols is 1. The zero-order valence-electron chi connectivity index (χ0n) is 6.89. The Kier molecular flexibility index (Phi) is 2.68. The van der Waals surface area contributed by atoms with Gasteiger partial charge in [0.25, 0.3) is 0 Å². The zero-order chi connectivity index (χ0) is 10.6. The van der Waals surface area contributed by atoms with Gasteiger partial charge in [0.05, 0.1) is 4.92 Å². The van der Waals surface area contributed by atoms with Gasteiger partial charge in [-0.05, 0) is 6.07 Å². The van der Waals surface area contributed by atoms with Crippen molar-refractivity contribution in [1.29, 1.82) is 5.26 Å². The lowest BCUT2D eigenvalue weighted by atomic mass is 10.2. The summed E-state index contributed by atoms with van der Waals surface area (Å²) in [5.74, 6) is 4.06. The number of phenolic OH excluding ortho intramolecular Hbond substituents is 1. The molecule has 0 saturated carbocycles. The van der Waals surface area contributed by atoms with Crippen LogP contribution in [0.3, 0.4) is 0 Å². The van der Waals surface area contributed by atoms with Crippen LogP contribution in [0.5, 0.6) is 5.75 Å². The van der Waals surface area contributed by atoms with E-state index in [1.807, 2.05) is 0 Å². The third-order valence-electron chi connectivity index (χ3n) is 1.43. The van der Waals surface area contributed by atoms with E-state index in [0.717, 1.165) is 12.1 Å². The van der Waals surface area contributed by atoms with Crippen LogP contribution < -0.4 is 0 Å². The van der Waals surface area contributed by atoms with E-state index in [1.54, 1.807) is 6.07 Å². The molecule has 5 heteroatoms. The number of benzene rings is 1. The molecule has 1 aromatic rings. The molecule has 0 radical (unpaired) electrons. The predicted octanol–water partition coefficient (Wildman–Crippen LogP) is 1.18. The number of hydrogen-bond donors (Lipinski definition) is 1. The summed E-state index contributed by atoms with van der Waals surface area (Å²) in [6, 6.07) is 5.24. The quantitative estimate of drug-likeness (QED) is 0.407. The molecule has 0 saturated heterocycles. The molecule has 0 fully saturated rings. The molecule has 0 spiro atoms. The maximum atomic E-state index is 10.3. The highest BCUT2D eigenvalue weighted by atomic mass is 16.6. The van der Waals surface area contributed by atoms with E-state index >= 15 is 0 Å². The van der Waals surface area contributed by atoms with E-state index in [1.165, 1.54) is 6.07 Å².